The van der Waals surface area contributed by atoms with Crippen LogP contribution in [0.3, 0.4) is 0 Å². The Morgan fingerprint density at radius 1 is 0.733 bits per heavy atom. The van der Waals surface area contributed by atoms with Crippen LogP contribution in [-0.4, -0.2) is 46.6 Å². The predicted molar refractivity (Wildman–Crippen MR) is 67.2 cm³/mol. The van der Waals surface area contributed by atoms with Crippen molar-refractivity contribution in [1.29, 1.82) is 0 Å². The lowest BCUT2D eigenvalue weighted by Gasteiger charge is -2.56. The number of likely N-dealkylation sites (N-methyl/N-ethyl adjacent to an activating group) is 1. The second kappa shape index (κ2) is 4.06. The van der Waals surface area contributed by atoms with E-state index in [2.05, 4.69) is 65.3 Å². The van der Waals surface area contributed by atoms with Crippen molar-refractivity contribution in [3.8, 4) is 0 Å². The summed E-state index contributed by atoms with van der Waals surface area (Å²) >= 11 is 0. The first-order valence-corrected chi connectivity index (χ1v) is 6.18. The van der Waals surface area contributed by atoms with Crippen molar-refractivity contribution in [2.45, 2.75) is 78.2 Å². The smallest absolute Gasteiger partial charge is 0.0229 e. The molecule has 0 saturated carbocycles. The first kappa shape index (κ1) is 13.0. The van der Waals surface area contributed by atoms with Gasteiger partial charge < -0.3 is 0 Å². The van der Waals surface area contributed by atoms with Crippen molar-refractivity contribution in [3.05, 3.63) is 0 Å². The van der Waals surface area contributed by atoms with Gasteiger partial charge in [0.15, 0.2) is 0 Å². The lowest BCUT2D eigenvalue weighted by atomic mass is 9.89. The van der Waals surface area contributed by atoms with E-state index >= 15 is 0 Å². The first-order valence-electron chi connectivity index (χ1n) is 6.18. The lowest BCUT2D eigenvalue weighted by Crippen LogP contribution is -2.68. The topological polar surface area (TPSA) is 6.48 Å². The number of nitrogens with zero attached hydrogens (tertiary/aromatic N) is 2. The molecule has 0 aromatic carbocycles. The molecular weight excluding hydrogens is 184 g/mol. The van der Waals surface area contributed by atoms with Crippen LogP contribution in [0, 0.1) is 0 Å². The third kappa shape index (κ3) is 2.21. The van der Waals surface area contributed by atoms with E-state index in [9.17, 15) is 0 Å². The average molecular weight is 212 g/mol. The van der Waals surface area contributed by atoms with Gasteiger partial charge in [-0.3, -0.25) is 9.80 Å². The summed E-state index contributed by atoms with van der Waals surface area (Å²) in [5, 5.41) is 0. The van der Waals surface area contributed by atoms with Crippen molar-refractivity contribution in [2.75, 3.05) is 7.05 Å². The normalized spacial score (nSPS) is 40.8. The van der Waals surface area contributed by atoms with Crippen LogP contribution in [-0.2, 0) is 0 Å². The van der Waals surface area contributed by atoms with E-state index in [1.165, 1.54) is 0 Å². The third-order valence-electron chi connectivity index (χ3n) is 4.33. The lowest BCUT2D eigenvalue weighted by molar-refractivity contribution is -0.0723. The van der Waals surface area contributed by atoms with Crippen LogP contribution in [0.4, 0.5) is 0 Å². The predicted octanol–water partition coefficient (Wildman–Crippen LogP) is 2.59. The molecule has 90 valence electrons. The zero-order valence-electron chi connectivity index (χ0n) is 11.7. The molecule has 2 heteroatoms. The van der Waals surface area contributed by atoms with Gasteiger partial charge in [-0.25, -0.2) is 0 Å². The zero-order valence-corrected chi connectivity index (χ0v) is 11.7. The van der Waals surface area contributed by atoms with Crippen LogP contribution >= 0.6 is 0 Å². The molecule has 1 heterocycles. The Morgan fingerprint density at radius 3 is 1.33 bits per heavy atom. The van der Waals surface area contributed by atoms with Crippen LogP contribution in [0.25, 0.3) is 0 Å². The quantitative estimate of drug-likeness (QED) is 0.609. The Bertz CT molecular complexity index is 203. The Morgan fingerprint density at radius 2 is 1.07 bits per heavy atom. The fourth-order valence-electron chi connectivity index (χ4n) is 3.11. The van der Waals surface area contributed by atoms with Gasteiger partial charge in [0.1, 0.15) is 0 Å². The van der Waals surface area contributed by atoms with Crippen molar-refractivity contribution in [3.63, 3.8) is 0 Å². The summed E-state index contributed by atoms with van der Waals surface area (Å²) in [5.41, 5.74) is 0.266. The summed E-state index contributed by atoms with van der Waals surface area (Å²) in [6.07, 6.45) is 0. The number of hydrogen-bond acceptors (Lipinski definition) is 2. The Balaban J connectivity index is 2.97. The molecule has 4 unspecified atom stereocenters. The maximum atomic E-state index is 2.67. The molecular formula is C13H28N2. The zero-order chi connectivity index (χ0) is 12.0. The summed E-state index contributed by atoms with van der Waals surface area (Å²) in [6, 6.07) is 2.52. The van der Waals surface area contributed by atoms with Crippen molar-refractivity contribution >= 4 is 0 Å². The van der Waals surface area contributed by atoms with Gasteiger partial charge in [0, 0.05) is 29.7 Å². The Hall–Kier alpha value is -0.0800. The Labute approximate surface area is 95.6 Å². The van der Waals surface area contributed by atoms with E-state index in [0.29, 0.717) is 24.2 Å². The van der Waals surface area contributed by atoms with E-state index in [1.807, 2.05) is 0 Å². The minimum Gasteiger partial charge on any atom is -0.298 e. The highest BCUT2D eigenvalue weighted by Crippen LogP contribution is 2.31. The molecule has 2 nitrogen and oxygen atoms in total. The maximum absolute atomic E-state index is 2.67. The molecule has 0 radical (unpaired) electrons. The second-order valence-corrected chi connectivity index (χ2v) is 6.21. The van der Waals surface area contributed by atoms with Gasteiger partial charge in [-0.15, -0.1) is 0 Å². The van der Waals surface area contributed by atoms with Gasteiger partial charge in [-0.05, 0) is 55.5 Å². The van der Waals surface area contributed by atoms with E-state index in [1.54, 1.807) is 0 Å². The average Bonchev–Trinajstić information content (AvgIpc) is 2.09. The van der Waals surface area contributed by atoms with E-state index in [-0.39, 0.29) is 5.54 Å². The maximum Gasteiger partial charge on any atom is 0.0229 e. The summed E-state index contributed by atoms with van der Waals surface area (Å²) in [4.78, 5) is 5.18. The summed E-state index contributed by atoms with van der Waals surface area (Å²) in [6.45, 7) is 16.4. The molecule has 1 aliphatic heterocycles. The molecule has 0 bridgehead atoms. The van der Waals surface area contributed by atoms with Gasteiger partial charge in [0.05, 0.1) is 0 Å². The molecule has 0 amide bonds. The Kier molecular flexibility index (Phi) is 3.52. The molecule has 4 atom stereocenters. The van der Waals surface area contributed by atoms with Crippen LogP contribution in [0.5, 0.6) is 0 Å². The van der Waals surface area contributed by atoms with Crippen molar-refractivity contribution in [1.82, 2.24) is 9.80 Å². The molecule has 0 N–H and O–H groups in total. The molecule has 0 aromatic heterocycles. The fraction of sp³-hybridized carbons (Fsp3) is 1.00. The largest absolute Gasteiger partial charge is 0.298 e. The number of piperazine rings is 1. The van der Waals surface area contributed by atoms with Crippen LogP contribution in [0.1, 0.15) is 48.5 Å². The minimum absolute atomic E-state index is 0.266. The summed E-state index contributed by atoms with van der Waals surface area (Å²) < 4.78 is 0. The van der Waals surface area contributed by atoms with E-state index in [4.69, 9.17) is 0 Å². The standard InChI is InChI=1S/C13H28N2/c1-9-11(3)15(13(5,6)7)12(4)10(2)14(9)8/h9-12H,1-8H3. The monoisotopic (exact) mass is 212 g/mol. The summed E-state index contributed by atoms with van der Waals surface area (Å²) in [7, 11) is 2.25. The summed E-state index contributed by atoms with van der Waals surface area (Å²) in [5.74, 6) is 0. The van der Waals surface area contributed by atoms with Crippen molar-refractivity contribution in [2.24, 2.45) is 0 Å². The van der Waals surface area contributed by atoms with Gasteiger partial charge in [0.2, 0.25) is 0 Å². The second-order valence-electron chi connectivity index (χ2n) is 6.21. The fourth-order valence-corrected chi connectivity index (χ4v) is 3.11. The molecule has 0 spiro atoms. The van der Waals surface area contributed by atoms with E-state index < -0.39 is 0 Å². The molecule has 1 saturated heterocycles. The highest BCUT2D eigenvalue weighted by Gasteiger charge is 2.42. The third-order valence-corrected chi connectivity index (χ3v) is 4.33. The minimum atomic E-state index is 0.266. The molecule has 1 rings (SSSR count). The van der Waals surface area contributed by atoms with Gasteiger partial charge in [-0.2, -0.15) is 0 Å². The molecule has 1 aliphatic rings. The molecule has 0 aliphatic carbocycles. The molecule has 1 fully saturated rings. The number of hydrogen-bond donors (Lipinski definition) is 0. The van der Waals surface area contributed by atoms with Crippen LogP contribution in [0.2, 0.25) is 0 Å². The van der Waals surface area contributed by atoms with Crippen LogP contribution < -0.4 is 0 Å². The highest BCUT2D eigenvalue weighted by atomic mass is 15.4. The highest BCUT2D eigenvalue weighted by molar-refractivity contribution is 4.98. The number of rotatable bonds is 0. The molecule has 0 aromatic rings. The van der Waals surface area contributed by atoms with Crippen molar-refractivity contribution < 1.29 is 0 Å². The van der Waals surface area contributed by atoms with E-state index in [0.717, 1.165) is 0 Å². The van der Waals surface area contributed by atoms with Gasteiger partial charge in [0.25, 0.3) is 0 Å². The van der Waals surface area contributed by atoms with Gasteiger partial charge >= 0.3 is 0 Å². The van der Waals surface area contributed by atoms with Gasteiger partial charge in [-0.1, -0.05) is 0 Å². The first-order chi connectivity index (χ1) is 6.68. The van der Waals surface area contributed by atoms with Crippen LogP contribution in [0.15, 0.2) is 0 Å². The molecule has 15 heavy (non-hydrogen) atoms. The SMILES string of the molecule is CC1C(C)N(C(C)(C)C)C(C)C(C)N1C.